The molecule has 0 radical (unpaired) electrons. The summed E-state index contributed by atoms with van der Waals surface area (Å²) in [6.07, 6.45) is 5.16. The first kappa shape index (κ1) is 13.4. The van der Waals surface area contributed by atoms with E-state index in [4.69, 9.17) is 0 Å². The quantitative estimate of drug-likeness (QED) is 0.747. The van der Waals surface area contributed by atoms with Gasteiger partial charge in [-0.3, -0.25) is 4.79 Å². The molecule has 4 heteroatoms. The molecule has 3 rings (SSSR count). The van der Waals surface area contributed by atoms with Crippen LogP contribution in [0, 0.1) is 0 Å². The van der Waals surface area contributed by atoms with Gasteiger partial charge in [-0.15, -0.1) is 0 Å². The third kappa shape index (κ3) is 2.79. The molecule has 3 aromatic rings. The molecular weight excluding hydrogens is 264 g/mol. The lowest BCUT2D eigenvalue weighted by atomic mass is 10.0. The van der Waals surface area contributed by atoms with Gasteiger partial charge < -0.3 is 9.51 Å². The van der Waals surface area contributed by atoms with Crippen molar-refractivity contribution in [1.29, 1.82) is 0 Å². The predicted molar refractivity (Wildman–Crippen MR) is 80.7 cm³/mol. The number of Topliss-reactive ketones (excluding diaryl/α,β-unsaturated/α-hetero) is 1. The number of phenols is 1. The van der Waals surface area contributed by atoms with Crippen LogP contribution < -0.4 is 0 Å². The SMILES string of the molecule is CCc1cn2cc(CC(=O)c3ccc(O)cc3)ccc2n1. The minimum Gasteiger partial charge on any atom is -0.508 e. The van der Waals surface area contributed by atoms with Crippen molar-refractivity contribution in [2.24, 2.45) is 0 Å². The molecule has 106 valence electrons. The summed E-state index contributed by atoms with van der Waals surface area (Å²) in [5.41, 5.74) is 3.48. The maximum atomic E-state index is 12.2. The highest BCUT2D eigenvalue weighted by molar-refractivity contribution is 5.97. The summed E-state index contributed by atoms with van der Waals surface area (Å²) in [6, 6.07) is 10.2. The fourth-order valence-corrected chi connectivity index (χ4v) is 2.30. The summed E-state index contributed by atoms with van der Waals surface area (Å²) in [5, 5.41) is 9.25. The van der Waals surface area contributed by atoms with E-state index in [1.165, 1.54) is 12.1 Å². The molecule has 1 N–H and O–H groups in total. The average Bonchev–Trinajstić information content (AvgIpc) is 2.90. The molecule has 0 unspecified atom stereocenters. The number of aryl methyl sites for hydroxylation is 1. The number of pyridine rings is 1. The van der Waals surface area contributed by atoms with Gasteiger partial charge in [0.15, 0.2) is 5.78 Å². The Bertz CT molecular complexity index is 788. The van der Waals surface area contributed by atoms with Crippen molar-refractivity contribution in [1.82, 2.24) is 9.38 Å². The number of aromatic hydroxyl groups is 1. The minimum absolute atomic E-state index is 0.0326. The molecule has 0 fully saturated rings. The molecule has 1 aromatic carbocycles. The number of phenolic OH excluding ortho intramolecular Hbond substituents is 1. The lowest BCUT2D eigenvalue weighted by Gasteiger charge is -2.03. The lowest BCUT2D eigenvalue weighted by Crippen LogP contribution is -2.04. The Morgan fingerprint density at radius 2 is 1.90 bits per heavy atom. The van der Waals surface area contributed by atoms with E-state index in [1.54, 1.807) is 12.1 Å². The number of ketones is 1. The van der Waals surface area contributed by atoms with Crippen LogP contribution in [0.4, 0.5) is 0 Å². The van der Waals surface area contributed by atoms with E-state index < -0.39 is 0 Å². The van der Waals surface area contributed by atoms with Gasteiger partial charge in [-0.1, -0.05) is 13.0 Å². The summed E-state index contributed by atoms with van der Waals surface area (Å²) >= 11 is 0. The molecule has 0 atom stereocenters. The Morgan fingerprint density at radius 3 is 2.62 bits per heavy atom. The van der Waals surface area contributed by atoms with Crippen LogP contribution >= 0.6 is 0 Å². The molecule has 0 bridgehead atoms. The highest BCUT2D eigenvalue weighted by atomic mass is 16.3. The minimum atomic E-state index is 0.0326. The number of aromatic nitrogens is 2. The van der Waals surface area contributed by atoms with Crippen LogP contribution in [0.25, 0.3) is 5.65 Å². The van der Waals surface area contributed by atoms with Gasteiger partial charge in [0.05, 0.1) is 5.69 Å². The van der Waals surface area contributed by atoms with E-state index in [0.717, 1.165) is 23.3 Å². The van der Waals surface area contributed by atoms with Gasteiger partial charge in [0, 0.05) is 24.4 Å². The molecular formula is C17H16N2O2. The van der Waals surface area contributed by atoms with Crippen LogP contribution in [0.2, 0.25) is 0 Å². The van der Waals surface area contributed by atoms with Crippen molar-refractivity contribution in [2.75, 3.05) is 0 Å². The second-order valence-corrected chi connectivity index (χ2v) is 5.04. The van der Waals surface area contributed by atoms with E-state index in [9.17, 15) is 9.90 Å². The van der Waals surface area contributed by atoms with Gasteiger partial charge >= 0.3 is 0 Å². The lowest BCUT2D eigenvalue weighted by molar-refractivity contribution is 0.0993. The Kier molecular flexibility index (Phi) is 3.44. The van der Waals surface area contributed by atoms with Crippen molar-refractivity contribution >= 4 is 11.4 Å². The standard InChI is InChI=1S/C17H16N2O2/c1-2-14-11-19-10-12(3-8-17(19)18-14)9-16(21)13-4-6-15(20)7-5-13/h3-8,10-11,20H,2,9H2,1H3. The van der Waals surface area contributed by atoms with Crippen molar-refractivity contribution in [2.45, 2.75) is 19.8 Å². The zero-order valence-electron chi connectivity index (χ0n) is 11.8. The second kappa shape index (κ2) is 5.40. The smallest absolute Gasteiger partial charge is 0.167 e. The van der Waals surface area contributed by atoms with Gasteiger partial charge in [0.2, 0.25) is 0 Å². The fraction of sp³-hybridized carbons (Fsp3) is 0.176. The van der Waals surface area contributed by atoms with Crippen molar-refractivity contribution < 1.29 is 9.90 Å². The van der Waals surface area contributed by atoms with E-state index in [0.29, 0.717) is 12.0 Å². The van der Waals surface area contributed by atoms with Crippen molar-refractivity contribution in [3.8, 4) is 5.75 Å². The molecule has 0 aliphatic heterocycles. The Morgan fingerprint density at radius 1 is 1.14 bits per heavy atom. The van der Waals surface area contributed by atoms with Gasteiger partial charge in [0.25, 0.3) is 0 Å². The molecule has 2 aromatic heterocycles. The van der Waals surface area contributed by atoms with Gasteiger partial charge in [0.1, 0.15) is 11.4 Å². The zero-order chi connectivity index (χ0) is 14.8. The highest BCUT2D eigenvalue weighted by Crippen LogP contribution is 2.14. The van der Waals surface area contributed by atoms with Gasteiger partial charge in [-0.25, -0.2) is 4.98 Å². The number of benzene rings is 1. The Hall–Kier alpha value is -2.62. The monoisotopic (exact) mass is 280 g/mol. The first-order valence-corrected chi connectivity index (χ1v) is 6.94. The average molecular weight is 280 g/mol. The van der Waals surface area contributed by atoms with Crippen molar-refractivity contribution in [3.63, 3.8) is 0 Å². The van der Waals surface area contributed by atoms with E-state index in [-0.39, 0.29) is 11.5 Å². The molecule has 0 saturated heterocycles. The van der Waals surface area contributed by atoms with Crippen LogP contribution in [-0.4, -0.2) is 20.3 Å². The maximum absolute atomic E-state index is 12.2. The fourth-order valence-electron chi connectivity index (χ4n) is 2.30. The molecule has 2 heterocycles. The van der Waals surface area contributed by atoms with Crippen LogP contribution in [0.15, 0.2) is 48.8 Å². The summed E-state index contributed by atoms with van der Waals surface area (Å²) in [4.78, 5) is 16.7. The number of carbonyl (C=O) groups excluding carboxylic acids is 1. The normalized spacial score (nSPS) is 10.9. The first-order valence-electron chi connectivity index (χ1n) is 6.94. The van der Waals surface area contributed by atoms with Crippen LogP contribution in [-0.2, 0) is 12.8 Å². The van der Waals surface area contributed by atoms with Crippen LogP contribution in [0.5, 0.6) is 5.75 Å². The highest BCUT2D eigenvalue weighted by Gasteiger charge is 2.08. The Labute approximate surface area is 122 Å². The molecule has 0 saturated carbocycles. The number of hydrogen-bond donors (Lipinski definition) is 1. The predicted octanol–water partition coefficient (Wildman–Crippen LogP) is 3.03. The van der Waals surface area contributed by atoms with Crippen LogP contribution in [0.3, 0.4) is 0 Å². The van der Waals surface area contributed by atoms with E-state index in [2.05, 4.69) is 11.9 Å². The number of imidazole rings is 1. The molecule has 0 aliphatic rings. The molecule has 21 heavy (non-hydrogen) atoms. The van der Waals surface area contributed by atoms with Gasteiger partial charge in [-0.2, -0.15) is 0 Å². The summed E-state index contributed by atoms with van der Waals surface area (Å²) in [7, 11) is 0. The van der Waals surface area contributed by atoms with Crippen molar-refractivity contribution in [3.05, 3.63) is 65.6 Å². The van der Waals surface area contributed by atoms with Gasteiger partial charge in [-0.05, 0) is 42.3 Å². The zero-order valence-corrected chi connectivity index (χ0v) is 11.8. The van der Waals surface area contributed by atoms with Crippen LogP contribution in [0.1, 0.15) is 28.5 Å². The molecule has 4 nitrogen and oxygen atoms in total. The number of rotatable bonds is 4. The molecule has 0 amide bonds. The third-order valence-electron chi connectivity index (χ3n) is 3.48. The maximum Gasteiger partial charge on any atom is 0.167 e. The molecule has 0 aliphatic carbocycles. The summed E-state index contributed by atoms with van der Waals surface area (Å²) < 4.78 is 1.96. The number of fused-ring (bicyclic) bond motifs is 1. The number of hydrogen-bond acceptors (Lipinski definition) is 3. The summed E-state index contributed by atoms with van der Waals surface area (Å²) in [6.45, 7) is 2.07. The number of carbonyl (C=O) groups is 1. The topological polar surface area (TPSA) is 54.6 Å². The molecule has 0 spiro atoms. The largest absolute Gasteiger partial charge is 0.508 e. The first-order chi connectivity index (χ1) is 10.2. The third-order valence-corrected chi connectivity index (χ3v) is 3.48. The number of nitrogens with zero attached hydrogens (tertiary/aromatic N) is 2. The van der Waals surface area contributed by atoms with E-state index >= 15 is 0 Å². The summed E-state index contributed by atoms with van der Waals surface area (Å²) in [5.74, 6) is 0.198. The van der Waals surface area contributed by atoms with E-state index in [1.807, 2.05) is 28.9 Å². The Balaban J connectivity index is 1.83. The second-order valence-electron chi connectivity index (χ2n) is 5.04.